The quantitative estimate of drug-likeness (QED) is 0.760. The van der Waals surface area contributed by atoms with E-state index in [1.54, 1.807) is 18.2 Å². The number of aromatic nitrogens is 2. The van der Waals surface area contributed by atoms with Gasteiger partial charge in [0.25, 0.3) is 5.91 Å². The third-order valence-corrected chi connectivity index (χ3v) is 4.99. The number of carbonyl (C=O) groups excluding carboxylic acids is 2. The number of amides is 2. The summed E-state index contributed by atoms with van der Waals surface area (Å²) < 4.78 is 13.6. The summed E-state index contributed by atoms with van der Waals surface area (Å²) >= 11 is 1.28. The molecular weight excluding hydrogens is 355 g/mol. The minimum absolute atomic E-state index is 0.0133. The lowest BCUT2D eigenvalue weighted by molar-refractivity contribution is -0.119. The fraction of sp³-hybridized carbons (Fsp3) is 0.333. The molecule has 0 unspecified atom stereocenters. The maximum atomic E-state index is 13.6. The van der Waals surface area contributed by atoms with Crippen LogP contribution in [0.25, 0.3) is 0 Å². The van der Waals surface area contributed by atoms with Crippen molar-refractivity contribution in [2.75, 3.05) is 11.1 Å². The molecule has 1 aliphatic carbocycles. The molecule has 26 heavy (non-hydrogen) atoms. The first kappa shape index (κ1) is 18.3. The number of hydrogen-bond acceptors (Lipinski definition) is 5. The lowest BCUT2D eigenvalue weighted by Crippen LogP contribution is -2.33. The summed E-state index contributed by atoms with van der Waals surface area (Å²) in [4.78, 5) is 23.9. The van der Waals surface area contributed by atoms with Crippen LogP contribution in [-0.4, -0.2) is 33.8 Å². The van der Waals surface area contributed by atoms with E-state index in [0.717, 1.165) is 12.8 Å². The molecule has 0 bridgehead atoms. The Kier molecular flexibility index (Phi) is 6.17. The first-order valence-corrected chi connectivity index (χ1v) is 9.42. The molecular formula is C18H19FN4O2S. The largest absolute Gasteiger partial charge is 0.353 e. The SMILES string of the molecule is O=C(CSc1ccc(NC(=O)c2ccccc2F)nn1)NC1CCCC1. The highest BCUT2D eigenvalue weighted by molar-refractivity contribution is 7.99. The van der Waals surface area contributed by atoms with Crippen molar-refractivity contribution in [1.29, 1.82) is 0 Å². The van der Waals surface area contributed by atoms with Crippen LogP contribution in [-0.2, 0) is 4.79 Å². The molecule has 0 spiro atoms. The van der Waals surface area contributed by atoms with Gasteiger partial charge in [-0.05, 0) is 37.1 Å². The number of anilines is 1. The third kappa shape index (κ3) is 5.01. The van der Waals surface area contributed by atoms with Crippen LogP contribution >= 0.6 is 11.8 Å². The zero-order valence-corrected chi connectivity index (χ0v) is 14.9. The second kappa shape index (κ2) is 8.75. The minimum Gasteiger partial charge on any atom is -0.353 e. The first-order valence-electron chi connectivity index (χ1n) is 8.43. The van der Waals surface area contributed by atoms with Gasteiger partial charge in [-0.25, -0.2) is 4.39 Å². The zero-order chi connectivity index (χ0) is 18.4. The average molecular weight is 374 g/mol. The Balaban J connectivity index is 1.49. The highest BCUT2D eigenvalue weighted by Gasteiger charge is 2.17. The van der Waals surface area contributed by atoms with Crippen LogP contribution in [0.1, 0.15) is 36.0 Å². The number of carbonyl (C=O) groups is 2. The van der Waals surface area contributed by atoms with E-state index < -0.39 is 11.7 Å². The summed E-state index contributed by atoms with van der Waals surface area (Å²) in [5, 5.41) is 14.0. The van der Waals surface area contributed by atoms with Gasteiger partial charge in [-0.1, -0.05) is 36.7 Å². The van der Waals surface area contributed by atoms with E-state index >= 15 is 0 Å². The summed E-state index contributed by atoms with van der Waals surface area (Å²) in [6.45, 7) is 0. The first-order chi connectivity index (χ1) is 12.6. The Labute approximate surface area is 155 Å². The Morgan fingerprint density at radius 3 is 2.58 bits per heavy atom. The lowest BCUT2D eigenvalue weighted by atomic mass is 10.2. The highest BCUT2D eigenvalue weighted by atomic mass is 32.2. The maximum Gasteiger partial charge on any atom is 0.259 e. The molecule has 2 amide bonds. The van der Waals surface area contributed by atoms with Crippen molar-refractivity contribution in [3.05, 3.63) is 47.8 Å². The molecule has 1 fully saturated rings. The molecule has 1 aliphatic rings. The summed E-state index contributed by atoms with van der Waals surface area (Å²) in [5.41, 5.74) is -0.0589. The van der Waals surface area contributed by atoms with Crippen molar-refractivity contribution in [2.24, 2.45) is 0 Å². The van der Waals surface area contributed by atoms with Crippen LogP contribution in [0.5, 0.6) is 0 Å². The second-order valence-electron chi connectivity index (χ2n) is 6.03. The summed E-state index contributed by atoms with van der Waals surface area (Å²) in [6.07, 6.45) is 4.44. The molecule has 6 nitrogen and oxygen atoms in total. The number of benzene rings is 1. The average Bonchev–Trinajstić information content (AvgIpc) is 3.14. The van der Waals surface area contributed by atoms with Crippen molar-refractivity contribution in [1.82, 2.24) is 15.5 Å². The number of nitrogens with zero attached hydrogens (tertiary/aromatic N) is 2. The van der Waals surface area contributed by atoms with Gasteiger partial charge in [0.2, 0.25) is 5.91 Å². The molecule has 0 aliphatic heterocycles. The van der Waals surface area contributed by atoms with Gasteiger partial charge in [-0.15, -0.1) is 10.2 Å². The fourth-order valence-corrected chi connectivity index (χ4v) is 3.40. The predicted molar refractivity (Wildman–Crippen MR) is 97.5 cm³/mol. The van der Waals surface area contributed by atoms with E-state index in [1.807, 2.05) is 0 Å². The van der Waals surface area contributed by atoms with Crippen molar-refractivity contribution in [3.8, 4) is 0 Å². The van der Waals surface area contributed by atoms with Gasteiger partial charge in [0, 0.05) is 6.04 Å². The Hall–Kier alpha value is -2.48. The van der Waals surface area contributed by atoms with Gasteiger partial charge < -0.3 is 10.6 Å². The van der Waals surface area contributed by atoms with Crippen LogP contribution in [0.4, 0.5) is 10.2 Å². The Morgan fingerprint density at radius 2 is 1.88 bits per heavy atom. The molecule has 8 heteroatoms. The van der Waals surface area contributed by atoms with Gasteiger partial charge in [-0.2, -0.15) is 0 Å². The minimum atomic E-state index is -0.599. The standard InChI is InChI=1S/C18H19FN4O2S/c19-14-8-4-3-7-13(14)18(25)21-15-9-10-17(23-22-15)26-11-16(24)20-12-5-1-2-6-12/h3-4,7-10,12H,1-2,5-6,11H2,(H,20,24)(H,21,22,25). The highest BCUT2D eigenvalue weighted by Crippen LogP contribution is 2.19. The number of halogens is 1. The molecule has 0 saturated heterocycles. The normalized spacial score (nSPS) is 14.2. The zero-order valence-electron chi connectivity index (χ0n) is 14.1. The van der Waals surface area contributed by atoms with Crippen LogP contribution in [0.15, 0.2) is 41.4 Å². The van der Waals surface area contributed by atoms with E-state index in [-0.39, 0.29) is 23.0 Å². The van der Waals surface area contributed by atoms with Gasteiger partial charge in [0.05, 0.1) is 11.3 Å². The maximum absolute atomic E-state index is 13.6. The van der Waals surface area contributed by atoms with Crippen LogP contribution in [0, 0.1) is 5.82 Å². The van der Waals surface area contributed by atoms with Crippen LogP contribution < -0.4 is 10.6 Å². The second-order valence-corrected chi connectivity index (χ2v) is 7.02. The van der Waals surface area contributed by atoms with Gasteiger partial charge >= 0.3 is 0 Å². The molecule has 136 valence electrons. The Bertz CT molecular complexity index is 779. The molecule has 1 heterocycles. The van der Waals surface area contributed by atoms with E-state index in [4.69, 9.17) is 0 Å². The fourth-order valence-electron chi connectivity index (χ4n) is 2.77. The summed E-state index contributed by atoms with van der Waals surface area (Å²) in [6, 6.07) is 9.24. The molecule has 3 rings (SSSR count). The summed E-state index contributed by atoms with van der Waals surface area (Å²) in [5.74, 6) is -0.711. The van der Waals surface area contributed by atoms with Crippen molar-refractivity contribution in [2.45, 2.75) is 36.8 Å². The van der Waals surface area contributed by atoms with E-state index in [0.29, 0.717) is 11.1 Å². The molecule has 1 aromatic heterocycles. The number of thioether (sulfide) groups is 1. The molecule has 0 radical (unpaired) electrons. The Morgan fingerprint density at radius 1 is 1.12 bits per heavy atom. The number of rotatable bonds is 6. The molecule has 2 N–H and O–H groups in total. The molecule has 2 aromatic rings. The number of nitrogens with one attached hydrogen (secondary N) is 2. The summed E-state index contributed by atoms with van der Waals surface area (Å²) in [7, 11) is 0. The number of hydrogen-bond donors (Lipinski definition) is 2. The van der Waals surface area contributed by atoms with Crippen molar-refractivity contribution in [3.63, 3.8) is 0 Å². The third-order valence-electron chi connectivity index (χ3n) is 4.07. The van der Waals surface area contributed by atoms with Crippen molar-refractivity contribution < 1.29 is 14.0 Å². The van der Waals surface area contributed by atoms with Crippen molar-refractivity contribution >= 4 is 29.4 Å². The van der Waals surface area contributed by atoms with Gasteiger partial charge in [-0.3, -0.25) is 9.59 Å². The lowest BCUT2D eigenvalue weighted by Gasteiger charge is -2.11. The van der Waals surface area contributed by atoms with Gasteiger partial charge in [0.15, 0.2) is 5.82 Å². The van der Waals surface area contributed by atoms with E-state index in [1.165, 1.54) is 42.8 Å². The van der Waals surface area contributed by atoms with E-state index in [9.17, 15) is 14.0 Å². The van der Waals surface area contributed by atoms with Crippen LogP contribution in [0.2, 0.25) is 0 Å². The molecule has 1 aromatic carbocycles. The van der Waals surface area contributed by atoms with E-state index in [2.05, 4.69) is 20.8 Å². The predicted octanol–water partition coefficient (Wildman–Crippen LogP) is 3.02. The molecule has 0 atom stereocenters. The smallest absolute Gasteiger partial charge is 0.259 e. The monoisotopic (exact) mass is 374 g/mol. The van der Waals surface area contributed by atoms with Gasteiger partial charge in [0.1, 0.15) is 10.8 Å². The molecule has 1 saturated carbocycles. The van der Waals surface area contributed by atoms with Crippen LogP contribution in [0.3, 0.4) is 0 Å². The topological polar surface area (TPSA) is 84.0 Å².